The standard InChI is InChI=1S/C26H28N6O/c1-16(32-11-3-4-12-32)25-29-26(31-30-25)20-8-10-23(27)22(15-20)24(28)19-6-5-18-14-21(33-2)9-7-17(18)13-19/h5-10,13-16,28H,3-4,11-12,27H2,1-2H3,(H,29,30,31). The summed E-state index contributed by atoms with van der Waals surface area (Å²) in [6.07, 6.45) is 2.47. The molecule has 1 aliphatic rings. The van der Waals surface area contributed by atoms with E-state index in [4.69, 9.17) is 20.9 Å². The van der Waals surface area contributed by atoms with Crippen LogP contribution in [0.3, 0.4) is 0 Å². The number of aromatic amines is 1. The third-order valence-corrected chi connectivity index (χ3v) is 6.50. The van der Waals surface area contributed by atoms with Crippen molar-refractivity contribution in [2.75, 3.05) is 25.9 Å². The van der Waals surface area contributed by atoms with Gasteiger partial charge in [0.15, 0.2) is 5.82 Å². The second-order valence-electron chi connectivity index (χ2n) is 8.57. The van der Waals surface area contributed by atoms with E-state index in [2.05, 4.69) is 22.0 Å². The van der Waals surface area contributed by atoms with E-state index < -0.39 is 0 Å². The molecule has 3 aromatic carbocycles. The number of aromatic nitrogens is 3. The topological polar surface area (TPSA) is 104 Å². The van der Waals surface area contributed by atoms with Crippen molar-refractivity contribution in [3.05, 3.63) is 71.5 Å². The van der Waals surface area contributed by atoms with Crippen molar-refractivity contribution >= 4 is 22.2 Å². The number of nitrogens with two attached hydrogens (primary N) is 1. The third kappa shape index (κ3) is 4.07. The fraction of sp³-hybridized carbons (Fsp3) is 0.269. The largest absolute Gasteiger partial charge is 0.497 e. The molecule has 0 spiro atoms. The van der Waals surface area contributed by atoms with Crippen LogP contribution in [0.2, 0.25) is 0 Å². The van der Waals surface area contributed by atoms with Crippen LogP contribution >= 0.6 is 0 Å². The van der Waals surface area contributed by atoms with Gasteiger partial charge < -0.3 is 10.5 Å². The number of methoxy groups -OCH3 is 1. The van der Waals surface area contributed by atoms with Crippen LogP contribution in [0, 0.1) is 5.41 Å². The number of nitrogens with zero attached hydrogens (tertiary/aromatic N) is 3. The molecule has 4 N–H and O–H groups in total. The minimum atomic E-state index is 0.205. The Morgan fingerprint density at radius 3 is 2.61 bits per heavy atom. The van der Waals surface area contributed by atoms with Crippen molar-refractivity contribution in [3.8, 4) is 17.1 Å². The number of nitrogen functional groups attached to an aromatic ring is 1. The molecule has 1 aromatic heterocycles. The summed E-state index contributed by atoms with van der Waals surface area (Å²) in [5.41, 5.74) is 9.51. The highest BCUT2D eigenvalue weighted by Gasteiger charge is 2.22. The summed E-state index contributed by atoms with van der Waals surface area (Å²) in [6, 6.07) is 17.7. The Balaban J connectivity index is 1.44. The van der Waals surface area contributed by atoms with Gasteiger partial charge in [-0.15, -0.1) is 0 Å². The second-order valence-corrected chi connectivity index (χ2v) is 8.57. The van der Waals surface area contributed by atoms with Crippen molar-refractivity contribution in [2.24, 2.45) is 0 Å². The number of hydrogen-bond acceptors (Lipinski definition) is 6. The zero-order chi connectivity index (χ0) is 22.9. The van der Waals surface area contributed by atoms with E-state index in [1.165, 1.54) is 12.8 Å². The highest BCUT2D eigenvalue weighted by molar-refractivity contribution is 6.15. The minimum Gasteiger partial charge on any atom is -0.497 e. The van der Waals surface area contributed by atoms with Gasteiger partial charge in [0.05, 0.1) is 18.9 Å². The lowest BCUT2D eigenvalue weighted by atomic mass is 9.96. The van der Waals surface area contributed by atoms with E-state index in [9.17, 15) is 0 Å². The molecule has 2 heterocycles. The number of anilines is 1. The molecular formula is C26H28N6O. The molecule has 7 nitrogen and oxygen atoms in total. The molecule has 0 saturated carbocycles. The summed E-state index contributed by atoms with van der Waals surface area (Å²) in [6.45, 7) is 4.35. The van der Waals surface area contributed by atoms with E-state index in [1.807, 2.05) is 54.6 Å². The van der Waals surface area contributed by atoms with Crippen LogP contribution < -0.4 is 10.5 Å². The predicted octanol–water partition coefficient (Wildman–Crippen LogP) is 4.79. The second kappa shape index (κ2) is 8.67. The smallest absolute Gasteiger partial charge is 0.181 e. The van der Waals surface area contributed by atoms with Crippen molar-refractivity contribution < 1.29 is 4.74 Å². The highest BCUT2D eigenvalue weighted by atomic mass is 16.5. The number of fused-ring (bicyclic) bond motifs is 1. The maximum atomic E-state index is 8.85. The van der Waals surface area contributed by atoms with Gasteiger partial charge in [0.1, 0.15) is 11.6 Å². The molecular weight excluding hydrogens is 412 g/mol. The summed E-state index contributed by atoms with van der Waals surface area (Å²) >= 11 is 0. The van der Waals surface area contributed by atoms with E-state index in [-0.39, 0.29) is 6.04 Å². The lowest BCUT2D eigenvalue weighted by Crippen LogP contribution is -2.24. The van der Waals surface area contributed by atoms with E-state index >= 15 is 0 Å². The van der Waals surface area contributed by atoms with Gasteiger partial charge >= 0.3 is 0 Å². The van der Waals surface area contributed by atoms with Crippen LogP contribution in [0.25, 0.3) is 22.2 Å². The number of benzene rings is 3. The summed E-state index contributed by atoms with van der Waals surface area (Å²) in [4.78, 5) is 7.17. The zero-order valence-corrected chi connectivity index (χ0v) is 18.9. The summed E-state index contributed by atoms with van der Waals surface area (Å²) < 4.78 is 5.31. The molecule has 7 heteroatoms. The quantitative estimate of drug-likeness (QED) is 0.295. The Bertz CT molecular complexity index is 1320. The van der Waals surface area contributed by atoms with Gasteiger partial charge in [-0.05, 0) is 80.0 Å². The van der Waals surface area contributed by atoms with Gasteiger partial charge in [-0.2, -0.15) is 5.10 Å². The first kappa shape index (κ1) is 21.2. The molecule has 1 saturated heterocycles. The molecule has 0 aliphatic carbocycles. The molecule has 33 heavy (non-hydrogen) atoms. The first-order chi connectivity index (χ1) is 16.0. The summed E-state index contributed by atoms with van der Waals surface area (Å²) in [5, 5.41) is 18.5. The van der Waals surface area contributed by atoms with Gasteiger partial charge in [-0.1, -0.05) is 18.2 Å². The molecule has 1 atom stereocenters. The van der Waals surface area contributed by atoms with Crippen molar-refractivity contribution in [2.45, 2.75) is 25.8 Å². The van der Waals surface area contributed by atoms with Gasteiger partial charge in [0, 0.05) is 22.4 Å². The maximum absolute atomic E-state index is 8.85. The van der Waals surface area contributed by atoms with Crippen LogP contribution in [0.15, 0.2) is 54.6 Å². The molecule has 4 aromatic rings. The summed E-state index contributed by atoms with van der Waals surface area (Å²) in [5.74, 6) is 2.30. The first-order valence-corrected chi connectivity index (χ1v) is 11.3. The predicted molar refractivity (Wildman–Crippen MR) is 132 cm³/mol. The lowest BCUT2D eigenvalue weighted by Gasteiger charge is -2.20. The van der Waals surface area contributed by atoms with Crippen molar-refractivity contribution in [3.63, 3.8) is 0 Å². The average Bonchev–Trinajstić information content (AvgIpc) is 3.56. The number of likely N-dealkylation sites (tertiary alicyclic amines) is 1. The molecule has 0 bridgehead atoms. The van der Waals surface area contributed by atoms with Gasteiger partial charge in [0.2, 0.25) is 0 Å². The van der Waals surface area contributed by atoms with Crippen molar-refractivity contribution in [1.82, 2.24) is 20.1 Å². The Labute approximate surface area is 193 Å². The van der Waals surface area contributed by atoms with Gasteiger partial charge in [-0.25, -0.2) is 4.98 Å². The maximum Gasteiger partial charge on any atom is 0.181 e. The number of nitrogens with one attached hydrogen (secondary N) is 2. The Hall–Kier alpha value is -3.71. The Kier molecular flexibility index (Phi) is 5.56. The minimum absolute atomic E-state index is 0.205. The Morgan fingerprint density at radius 1 is 1.06 bits per heavy atom. The summed E-state index contributed by atoms with van der Waals surface area (Å²) in [7, 11) is 1.66. The van der Waals surface area contributed by atoms with E-state index in [0.29, 0.717) is 22.8 Å². The van der Waals surface area contributed by atoms with Crippen LogP contribution in [-0.2, 0) is 0 Å². The van der Waals surface area contributed by atoms with E-state index in [0.717, 1.165) is 46.6 Å². The van der Waals surface area contributed by atoms with Crippen LogP contribution in [0.4, 0.5) is 5.69 Å². The first-order valence-electron chi connectivity index (χ1n) is 11.3. The number of hydrogen-bond donors (Lipinski definition) is 3. The molecule has 1 unspecified atom stereocenters. The molecule has 1 aliphatic heterocycles. The fourth-order valence-electron chi connectivity index (χ4n) is 4.47. The van der Waals surface area contributed by atoms with Crippen molar-refractivity contribution in [1.29, 1.82) is 5.41 Å². The number of rotatable bonds is 6. The molecule has 0 amide bonds. The monoisotopic (exact) mass is 440 g/mol. The zero-order valence-electron chi connectivity index (χ0n) is 18.9. The normalized spacial score (nSPS) is 15.1. The molecule has 5 rings (SSSR count). The fourth-order valence-corrected chi connectivity index (χ4v) is 4.47. The average molecular weight is 441 g/mol. The number of H-pyrrole nitrogens is 1. The van der Waals surface area contributed by atoms with Gasteiger partial charge in [-0.3, -0.25) is 15.4 Å². The Morgan fingerprint density at radius 2 is 1.82 bits per heavy atom. The lowest BCUT2D eigenvalue weighted by molar-refractivity contribution is 0.254. The number of ether oxygens (including phenoxy) is 1. The van der Waals surface area contributed by atoms with Crippen LogP contribution in [-0.4, -0.2) is 46.0 Å². The highest BCUT2D eigenvalue weighted by Crippen LogP contribution is 2.28. The van der Waals surface area contributed by atoms with E-state index in [1.54, 1.807) is 7.11 Å². The molecule has 0 radical (unpaired) electrons. The van der Waals surface area contributed by atoms with Gasteiger partial charge in [0.25, 0.3) is 0 Å². The van der Waals surface area contributed by atoms with Crippen LogP contribution in [0.1, 0.15) is 42.8 Å². The molecule has 1 fully saturated rings. The third-order valence-electron chi connectivity index (χ3n) is 6.50. The molecule has 168 valence electrons. The SMILES string of the molecule is COc1ccc2cc(C(=N)c3cc(-c4n[nH]c(C(C)N5CCCC5)n4)ccc3N)ccc2c1. The van der Waals surface area contributed by atoms with Crippen LogP contribution in [0.5, 0.6) is 5.75 Å².